The second-order valence-electron chi connectivity index (χ2n) is 12.9. The highest BCUT2D eigenvalue weighted by Crippen LogP contribution is 2.49. The molecule has 1 aliphatic carbocycles. The summed E-state index contributed by atoms with van der Waals surface area (Å²) in [5.74, 6) is 0.115. The second-order valence-corrected chi connectivity index (χ2v) is 12.9. The van der Waals surface area contributed by atoms with E-state index in [0.29, 0.717) is 0 Å². The van der Waals surface area contributed by atoms with E-state index in [4.69, 9.17) is 0 Å². The summed E-state index contributed by atoms with van der Waals surface area (Å²) in [4.78, 5) is 14.3. The molecule has 6 aromatic carbocycles. The molecule has 47 heavy (non-hydrogen) atoms. The van der Waals surface area contributed by atoms with Crippen molar-refractivity contribution in [2.45, 2.75) is 12.3 Å². The maximum Gasteiger partial charge on any atom is 0.262 e. The molecule has 1 unspecified atom stereocenters. The fraction of sp³-hybridized carbons (Fsp3) is 0.0465. The molecule has 0 amide bonds. The number of carbonyl (C=O) groups is 1. The first-order valence-electron chi connectivity index (χ1n) is 16.3. The van der Waals surface area contributed by atoms with E-state index in [-0.39, 0.29) is 11.8 Å². The fourth-order valence-corrected chi connectivity index (χ4v) is 8.67. The van der Waals surface area contributed by atoms with Gasteiger partial charge in [-0.05, 0) is 60.2 Å². The van der Waals surface area contributed by atoms with Gasteiger partial charge in [-0.15, -0.1) is 0 Å². The molecule has 11 rings (SSSR count). The summed E-state index contributed by atoms with van der Waals surface area (Å²) in [6.45, 7) is 0. The molecule has 3 aromatic heterocycles. The molecule has 0 spiro atoms. The molecular weight excluding hydrogens is 574 g/mol. The van der Waals surface area contributed by atoms with Crippen LogP contribution in [-0.2, 0) is 0 Å². The third kappa shape index (κ3) is 3.19. The monoisotopic (exact) mass is 601 g/mol. The van der Waals surface area contributed by atoms with Gasteiger partial charge in [0.1, 0.15) is 0 Å². The molecule has 4 heteroatoms. The highest BCUT2D eigenvalue weighted by Gasteiger charge is 2.38. The minimum Gasteiger partial charge on any atom is -0.313 e. The first-order valence-corrected chi connectivity index (χ1v) is 16.3. The lowest BCUT2D eigenvalue weighted by Gasteiger charge is -2.32. The summed E-state index contributed by atoms with van der Waals surface area (Å²) >= 11 is 0. The number of para-hydroxylation sites is 4. The van der Waals surface area contributed by atoms with Crippen molar-refractivity contribution in [3.63, 3.8) is 0 Å². The highest BCUT2D eigenvalue weighted by atomic mass is 16.2. The number of hydrogen-bond acceptors (Lipinski definition) is 1. The third-order valence-electron chi connectivity index (χ3n) is 10.6. The van der Waals surface area contributed by atoms with Crippen LogP contribution in [0, 0.1) is 0 Å². The quantitative estimate of drug-likeness (QED) is 0.194. The van der Waals surface area contributed by atoms with Gasteiger partial charge in [0.2, 0.25) is 0 Å². The zero-order valence-corrected chi connectivity index (χ0v) is 25.4. The van der Waals surface area contributed by atoms with Crippen molar-refractivity contribution in [1.82, 2.24) is 13.7 Å². The van der Waals surface area contributed by atoms with E-state index < -0.39 is 0 Å². The molecule has 0 radical (unpaired) electrons. The summed E-state index contributed by atoms with van der Waals surface area (Å²) in [7, 11) is 0. The predicted octanol–water partition coefficient (Wildman–Crippen LogP) is 10.4. The Bertz CT molecular complexity index is 2750. The van der Waals surface area contributed by atoms with Crippen LogP contribution in [0.3, 0.4) is 0 Å². The first-order chi connectivity index (χ1) is 23.3. The van der Waals surface area contributed by atoms with E-state index in [2.05, 4.69) is 143 Å². The van der Waals surface area contributed by atoms with Gasteiger partial charge >= 0.3 is 0 Å². The standard InChI is InChI=1S/C43H27N3O/c47-43-33-16-2-1-11-28(33)35-24-27(45-39-19-9-5-14-31(39)32-15-6-10-20-40(32)45)25-36-34-23-26(21-22-41(34)46(43)42(35)36)44-37-17-7-3-12-29(37)30-13-4-8-18-38(30)44/h1-23,25,35H,24H2. The van der Waals surface area contributed by atoms with Gasteiger partial charge < -0.3 is 9.13 Å². The van der Waals surface area contributed by atoms with Crippen LogP contribution in [0.1, 0.15) is 39.5 Å². The Labute approximate surface area is 270 Å². The largest absolute Gasteiger partial charge is 0.313 e. The number of hydrogen-bond donors (Lipinski definition) is 0. The van der Waals surface area contributed by atoms with Crippen molar-refractivity contribution in [3.8, 4) is 5.69 Å². The molecule has 9 aromatic rings. The number of rotatable bonds is 2. The lowest BCUT2D eigenvalue weighted by atomic mass is 9.80. The number of allylic oxidation sites excluding steroid dienone is 1. The number of nitrogens with zero attached hydrogens (tertiary/aromatic N) is 3. The van der Waals surface area contributed by atoms with Crippen LogP contribution in [-0.4, -0.2) is 19.6 Å². The van der Waals surface area contributed by atoms with Crippen molar-refractivity contribution in [3.05, 3.63) is 162 Å². The van der Waals surface area contributed by atoms with Crippen LogP contribution in [0.15, 0.2) is 140 Å². The Hall–Kier alpha value is -6.13. The van der Waals surface area contributed by atoms with E-state index in [9.17, 15) is 4.79 Å². The van der Waals surface area contributed by atoms with Gasteiger partial charge in [-0.25, -0.2) is 0 Å². The van der Waals surface area contributed by atoms with Crippen molar-refractivity contribution in [2.24, 2.45) is 0 Å². The Morgan fingerprint density at radius 2 is 1.00 bits per heavy atom. The molecule has 1 aliphatic heterocycles. The van der Waals surface area contributed by atoms with E-state index in [1.807, 2.05) is 16.7 Å². The van der Waals surface area contributed by atoms with Gasteiger partial charge in [-0.2, -0.15) is 0 Å². The molecule has 2 aliphatic rings. The van der Waals surface area contributed by atoms with E-state index in [1.165, 1.54) is 49.3 Å². The zero-order valence-electron chi connectivity index (χ0n) is 25.4. The van der Waals surface area contributed by atoms with Gasteiger partial charge in [-0.1, -0.05) is 91.0 Å². The molecule has 0 N–H and O–H groups in total. The smallest absolute Gasteiger partial charge is 0.262 e. The number of benzene rings is 6. The summed E-state index contributed by atoms with van der Waals surface area (Å²) < 4.78 is 6.82. The fourth-order valence-electron chi connectivity index (χ4n) is 8.67. The number of aromatic nitrogens is 3. The van der Waals surface area contributed by atoms with Gasteiger partial charge in [0.05, 0.1) is 27.6 Å². The molecule has 0 saturated heterocycles. The van der Waals surface area contributed by atoms with Crippen molar-refractivity contribution in [1.29, 1.82) is 0 Å². The molecule has 0 bridgehead atoms. The summed E-state index contributed by atoms with van der Waals surface area (Å²) in [6.07, 6.45) is 3.16. The predicted molar refractivity (Wildman–Crippen MR) is 193 cm³/mol. The lowest BCUT2D eigenvalue weighted by molar-refractivity contribution is 0.0954. The maximum absolute atomic E-state index is 14.3. The van der Waals surface area contributed by atoms with E-state index in [0.717, 1.165) is 45.4 Å². The normalized spacial score (nSPS) is 15.5. The molecule has 0 fully saturated rings. The Balaban J connectivity index is 1.25. The Morgan fingerprint density at radius 3 is 1.62 bits per heavy atom. The van der Waals surface area contributed by atoms with E-state index in [1.54, 1.807) is 0 Å². The van der Waals surface area contributed by atoms with Crippen LogP contribution >= 0.6 is 0 Å². The topological polar surface area (TPSA) is 31.9 Å². The summed E-state index contributed by atoms with van der Waals surface area (Å²) in [5, 5.41) is 6.08. The number of carbonyl (C=O) groups excluding carboxylic acids is 1. The number of fused-ring (bicyclic) bond motifs is 11. The van der Waals surface area contributed by atoms with Crippen molar-refractivity contribution >= 4 is 72.2 Å². The molecule has 220 valence electrons. The zero-order chi connectivity index (χ0) is 30.8. The van der Waals surface area contributed by atoms with Crippen molar-refractivity contribution in [2.75, 3.05) is 0 Å². The second kappa shape index (κ2) is 8.99. The van der Waals surface area contributed by atoms with Crippen LogP contribution in [0.5, 0.6) is 0 Å². The minimum atomic E-state index is 0.0569. The average Bonchev–Trinajstić information content (AvgIpc) is 3.76. The van der Waals surface area contributed by atoms with Crippen LogP contribution < -0.4 is 0 Å². The Morgan fingerprint density at radius 1 is 0.489 bits per heavy atom. The summed E-state index contributed by atoms with van der Waals surface area (Å²) in [5.41, 5.74) is 12.2. The third-order valence-corrected chi connectivity index (χ3v) is 10.6. The average molecular weight is 602 g/mol. The molecular formula is C43H27N3O. The minimum absolute atomic E-state index is 0.0569. The first kappa shape index (κ1) is 25.1. The van der Waals surface area contributed by atoms with Gasteiger partial charge in [0.15, 0.2) is 0 Å². The van der Waals surface area contributed by atoms with Crippen LogP contribution in [0.25, 0.3) is 72.0 Å². The molecule has 0 saturated carbocycles. The van der Waals surface area contributed by atoms with Gasteiger partial charge in [0.25, 0.3) is 5.91 Å². The molecule has 1 atom stereocenters. The van der Waals surface area contributed by atoms with Crippen molar-refractivity contribution < 1.29 is 4.79 Å². The Kier molecular flexibility index (Phi) is 4.80. The lowest BCUT2D eigenvalue weighted by Crippen LogP contribution is -2.27. The van der Waals surface area contributed by atoms with Crippen LogP contribution in [0.2, 0.25) is 0 Å². The van der Waals surface area contributed by atoms with Gasteiger partial charge in [-0.3, -0.25) is 9.36 Å². The van der Waals surface area contributed by atoms with E-state index >= 15 is 0 Å². The summed E-state index contributed by atoms with van der Waals surface area (Å²) in [6, 6.07) is 49.5. The van der Waals surface area contributed by atoms with Crippen LogP contribution in [0.4, 0.5) is 0 Å². The molecule has 4 nitrogen and oxygen atoms in total. The molecule has 4 heterocycles. The maximum atomic E-state index is 14.3. The van der Waals surface area contributed by atoms with Gasteiger partial charge in [0, 0.05) is 67.5 Å². The highest BCUT2D eigenvalue weighted by molar-refractivity contribution is 6.14. The SMILES string of the molecule is O=C1c2ccccc2C2CC(n3c4ccccc4c4ccccc43)=Cc3c2n1c1ccc(-n2c4ccccc4c4ccccc42)cc31.